The summed E-state index contributed by atoms with van der Waals surface area (Å²) in [7, 11) is -2.48. The van der Waals surface area contributed by atoms with Crippen molar-refractivity contribution < 1.29 is 0 Å². The fraction of sp³-hybridized carbons (Fsp3) is 0. The minimum Gasteiger partial charge on any atom is -0.159 e. The predicted molar refractivity (Wildman–Crippen MR) is 159 cm³/mol. The topological polar surface area (TPSA) is 43.6 Å². The lowest BCUT2D eigenvalue weighted by atomic mass is 10.2. The summed E-state index contributed by atoms with van der Waals surface area (Å²) >= 11 is 0. The molecule has 0 unspecified atom stereocenters. The normalized spacial score (nSPS) is 11.8. The average Bonchev–Trinajstić information content (AvgIpc) is 3.50. The first-order valence-electron chi connectivity index (χ1n) is 12.5. The second-order valence-corrected chi connectivity index (χ2v) is 12.2. The Labute approximate surface area is 223 Å². The van der Waals surface area contributed by atoms with Gasteiger partial charge in [0.05, 0.1) is 0 Å². The van der Waals surface area contributed by atoms with Gasteiger partial charge < -0.3 is 0 Å². The van der Waals surface area contributed by atoms with Crippen LogP contribution >= 0.6 is 7.26 Å². The fourth-order valence-corrected chi connectivity index (χ4v) is 9.21. The monoisotopic (exact) mass is 509 g/mol. The van der Waals surface area contributed by atoms with Crippen LogP contribution in [0.2, 0.25) is 0 Å². The quantitative estimate of drug-likeness (QED) is 0.238. The summed E-state index contributed by atoms with van der Waals surface area (Å²) in [6.07, 6.45) is 2.25. The summed E-state index contributed by atoms with van der Waals surface area (Å²) < 4.78 is 1.95. The van der Waals surface area contributed by atoms with Crippen LogP contribution in [0.4, 0.5) is 0 Å². The molecule has 0 spiro atoms. The standard InChI is InChI=1S/C33H26N4P/c1-6-16-27(17-7-1)26-32(37-33(34-35-36-37)28-18-8-2-9-19-28)38(29-20-10-3-11-21-29,30-22-12-4-13-23-30)31-24-14-5-15-25-31/h1-26H/q+1/b32-26-. The summed E-state index contributed by atoms with van der Waals surface area (Å²) in [5.74, 6) is 0.708. The van der Waals surface area contributed by atoms with Crippen molar-refractivity contribution in [2.75, 3.05) is 0 Å². The van der Waals surface area contributed by atoms with Gasteiger partial charge in [0, 0.05) is 11.6 Å². The molecule has 1 aromatic heterocycles. The number of tetrazole rings is 1. The third-order valence-electron chi connectivity index (χ3n) is 6.59. The molecule has 0 bridgehead atoms. The number of hydrogen-bond acceptors (Lipinski definition) is 3. The molecule has 0 amide bonds. The first-order valence-corrected chi connectivity index (χ1v) is 14.3. The number of benzene rings is 5. The zero-order valence-electron chi connectivity index (χ0n) is 20.7. The van der Waals surface area contributed by atoms with Gasteiger partial charge in [-0.25, -0.2) is 0 Å². The van der Waals surface area contributed by atoms with Crippen molar-refractivity contribution in [3.63, 3.8) is 0 Å². The van der Waals surface area contributed by atoms with Crippen LogP contribution in [0.15, 0.2) is 152 Å². The van der Waals surface area contributed by atoms with Crippen molar-refractivity contribution in [3.8, 4) is 11.4 Å². The molecule has 0 saturated heterocycles. The van der Waals surface area contributed by atoms with Crippen molar-refractivity contribution in [2.24, 2.45) is 0 Å². The van der Waals surface area contributed by atoms with Crippen molar-refractivity contribution >= 4 is 34.7 Å². The Hall–Kier alpha value is -4.66. The molecular formula is C33H26N4P+. The van der Waals surface area contributed by atoms with E-state index in [1.165, 1.54) is 15.9 Å². The summed E-state index contributed by atoms with van der Waals surface area (Å²) in [6, 6.07) is 52.9. The lowest BCUT2D eigenvalue weighted by molar-refractivity contribution is 0.815. The van der Waals surface area contributed by atoms with Gasteiger partial charge >= 0.3 is 0 Å². The van der Waals surface area contributed by atoms with Crippen LogP contribution in [-0.2, 0) is 0 Å². The largest absolute Gasteiger partial charge is 0.203 e. The van der Waals surface area contributed by atoms with E-state index >= 15 is 0 Å². The Morgan fingerprint density at radius 3 is 1.42 bits per heavy atom. The van der Waals surface area contributed by atoms with Crippen LogP contribution < -0.4 is 15.9 Å². The molecule has 4 nitrogen and oxygen atoms in total. The first kappa shape index (κ1) is 23.7. The van der Waals surface area contributed by atoms with Gasteiger partial charge in [0.25, 0.3) is 0 Å². The predicted octanol–water partition coefficient (Wildman–Crippen LogP) is 6.29. The average molecular weight is 510 g/mol. The van der Waals surface area contributed by atoms with E-state index in [1.807, 2.05) is 28.9 Å². The molecule has 1 heterocycles. The Morgan fingerprint density at radius 2 is 0.947 bits per heavy atom. The minimum absolute atomic E-state index is 0.708. The van der Waals surface area contributed by atoms with E-state index in [-0.39, 0.29) is 0 Å². The van der Waals surface area contributed by atoms with E-state index in [2.05, 4.69) is 149 Å². The van der Waals surface area contributed by atoms with Crippen LogP contribution in [0, 0.1) is 0 Å². The molecule has 0 aliphatic carbocycles. The second kappa shape index (κ2) is 10.8. The molecule has 0 aliphatic rings. The number of hydrogen-bond donors (Lipinski definition) is 0. The maximum absolute atomic E-state index is 4.65. The lowest BCUT2D eigenvalue weighted by Gasteiger charge is -2.29. The highest BCUT2D eigenvalue weighted by atomic mass is 31.2. The molecule has 0 N–H and O–H groups in total. The van der Waals surface area contributed by atoms with Gasteiger partial charge in [0.1, 0.15) is 15.9 Å². The molecule has 6 aromatic rings. The Kier molecular flexibility index (Phi) is 6.72. The number of rotatable bonds is 7. The fourth-order valence-electron chi connectivity index (χ4n) is 4.91. The van der Waals surface area contributed by atoms with Gasteiger partial charge in [-0.3, -0.25) is 0 Å². The van der Waals surface area contributed by atoms with Crippen molar-refractivity contribution in [1.82, 2.24) is 20.2 Å². The molecule has 6 rings (SSSR count). The highest BCUT2D eigenvalue weighted by molar-refractivity contribution is 8.03. The van der Waals surface area contributed by atoms with Crippen LogP contribution in [-0.4, -0.2) is 20.2 Å². The Balaban J connectivity index is 1.77. The zero-order valence-corrected chi connectivity index (χ0v) is 21.6. The van der Waals surface area contributed by atoms with E-state index < -0.39 is 7.26 Å². The molecule has 0 aliphatic heterocycles. The highest BCUT2D eigenvalue weighted by Crippen LogP contribution is 2.65. The molecule has 0 atom stereocenters. The Bertz CT molecular complexity index is 1540. The van der Waals surface area contributed by atoms with Gasteiger partial charge in [0.15, 0.2) is 13.1 Å². The van der Waals surface area contributed by atoms with E-state index in [0.717, 1.165) is 16.6 Å². The van der Waals surface area contributed by atoms with Gasteiger partial charge in [-0.1, -0.05) is 115 Å². The van der Waals surface area contributed by atoms with Crippen LogP contribution in [0.5, 0.6) is 0 Å². The number of aromatic nitrogens is 4. The van der Waals surface area contributed by atoms with Gasteiger partial charge in [0.2, 0.25) is 5.44 Å². The van der Waals surface area contributed by atoms with E-state index in [9.17, 15) is 0 Å². The first-order chi connectivity index (χ1) is 18.9. The molecule has 0 fully saturated rings. The zero-order chi connectivity index (χ0) is 25.6. The molecule has 5 aromatic carbocycles. The van der Waals surface area contributed by atoms with Crippen LogP contribution in [0.25, 0.3) is 22.9 Å². The smallest absolute Gasteiger partial charge is 0.159 e. The van der Waals surface area contributed by atoms with E-state index in [1.54, 1.807) is 0 Å². The van der Waals surface area contributed by atoms with Crippen molar-refractivity contribution in [1.29, 1.82) is 0 Å². The Morgan fingerprint density at radius 1 is 0.526 bits per heavy atom. The minimum atomic E-state index is -2.48. The van der Waals surface area contributed by atoms with E-state index in [0.29, 0.717) is 5.82 Å². The lowest BCUT2D eigenvalue weighted by Crippen LogP contribution is -2.33. The molecule has 5 heteroatoms. The van der Waals surface area contributed by atoms with Crippen LogP contribution in [0.3, 0.4) is 0 Å². The van der Waals surface area contributed by atoms with Gasteiger partial charge in [-0.15, -0.1) is 5.10 Å². The third kappa shape index (κ3) is 4.36. The molecular weight excluding hydrogens is 483 g/mol. The van der Waals surface area contributed by atoms with Crippen molar-refractivity contribution in [3.05, 3.63) is 157 Å². The molecule has 38 heavy (non-hydrogen) atoms. The maximum Gasteiger partial charge on any atom is 0.203 e. The van der Waals surface area contributed by atoms with Crippen LogP contribution in [0.1, 0.15) is 5.56 Å². The molecule has 0 saturated carbocycles. The van der Waals surface area contributed by atoms with Gasteiger partial charge in [-0.05, 0) is 52.4 Å². The summed E-state index contributed by atoms with van der Waals surface area (Å²) in [5.41, 5.74) is 3.09. The van der Waals surface area contributed by atoms with Gasteiger partial charge in [-0.2, -0.15) is 4.68 Å². The molecule has 0 radical (unpaired) electrons. The number of nitrogens with zero attached hydrogens (tertiary/aromatic N) is 4. The maximum atomic E-state index is 4.65. The summed E-state index contributed by atoms with van der Waals surface area (Å²) in [6.45, 7) is 0. The molecule has 182 valence electrons. The highest BCUT2D eigenvalue weighted by Gasteiger charge is 2.52. The summed E-state index contributed by atoms with van der Waals surface area (Å²) in [4.78, 5) is 0. The van der Waals surface area contributed by atoms with E-state index in [4.69, 9.17) is 0 Å². The second-order valence-electron chi connectivity index (χ2n) is 8.87. The SMILES string of the molecule is C(=C(\n1nnnc1-c1ccccc1)[P+](c1ccccc1)(c1ccccc1)c1ccccc1)/c1ccccc1. The van der Waals surface area contributed by atoms with Crippen molar-refractivity contribution in [2.45, 2.75) is 0 Å². The third-order valence-corrected chi connectivity index (χ3v) is 10.8. The summed E-state index contributed by atoms with van der Waals surface area (Å²) in [5, 5.41) is 17.1.